The van der Waals surface area contributed by atoms with Crippen LogP contribution in [0.15, 0.2) is 45.9 Å². The van der Waals surface area contributed by atoms with Crippen molar-refractivity contribution in [2.75, 3.05) is 5.43 Å². The van der Waals surface area contributed by atoms with Crippen molar-refractivity contribution >= 4 is 22.5 Å². The van der Waals surface area contributed by atoms with Gasteiger partial charge in [-0.1, -0.05) is 12.1 Å². The highest BCUT2D eigenvalue weighted by molar-refractivity contribution is 6.10. The van der Waals surface area contributed by atoms with E-state index in [1.165, 1.54) is 0 Å². The third-order valence-electron chi connectivity index (χ3n) is 3.53. The van der Waals surface area contributed by atoms with Crippen LogP contribution in [0.5, 0.6) is 0 Å². The molecule has 0 bridgehead atoms. The van der Waals surface area contributed by atoms with E-state index in [2.05, 4.69) is 15.5 Å². The molecule has 6 nitrogen and oxygen atoms in total. The van der Waals surface area contributed by atoms with Crippen molar-refractivity contribution < 1.29 is 4.42 Å². The van der Waals surface area contributed by atoms with E-state index in [0.29, 0.717) is 11.6 Å². The van der Waals surface area contributed by atoms with Gasteiger partial charge in [0, 0.05) is 5.56 Å². The summed E-state index contributed by atoms with van der Waals surface area (Å²) in [6.07, 6.45) is 0. The number of fused-ring (bicyclic) bond motifs is 1. The summed E-state index contributed by atoms with van der Waals surface area (Å²) in [6, 6.07) is 14.9. The van der Waals surface area contributed by atoms with Crippen LogP contribution in [0.2, 0.25) is 0 Å². The maximum Gasteiger partial charge on any atom is 0.237 e. The number of oxazole rings is 1. The Kier molecular flexibility index (Phi) is 3.96. The lowest BCUT2D eigenvalue weighted by Gasteiger charge is -2.06. The number of hydrogen-bond acceptors (Lipinski definition) is 6. The molecule has 116 valence electrons. The molecule has 0 atom stereocenters. The predicted octanol–water partition coefficient (Wildman–Crippen LogP) is 3.93. The number of nitrogens with one attached hydrogen (secondary N) is 1. The second-order valence-electron chi connectivity index (χ2n) is 5.32. The molecule has 1 aromatic heterocycles. The van der Waals surface area contributed by atoms with Crippen molar-refractivity contribution in [2.45, 2.75) is 13.8 Å². The van der Waals surface area contributed by atoms with Crippen LogP contribution in [-0.4, -0.2) is 10.7 Å². The van der Waals surface area contributed by atoms with E-state index in [4.69, 9.17) is 14.9 Å². The molecule has 6 heteroatoms. The van der Waals surface area contributed by atoms with E-state index < -0.39 is 0 Å². The van der Waals surface area contributed by atoms with Crippen LogP contribution >= 0.6 is 0 Å². The Morgan fingerprint density at radius 3 is 2.67 bits per heavy atom. The fourth-order valence-corrected chi connectivity index (χ4v) is 2.22. The van der Waals surface area contributed by atoms with Crippen LogP contribution < -0.4 is 5.43 Å². The van der Waals surface area contributed by atoms with Crippen molar-refractivity contribution in [1.82, 2.24) is 4.98 Å². The zero-order chi connectivity index (χ0) is 17.1. The van der Waals surface area contributed by atoms with Gasteiger partial charge in [-0.25, -0.2) is 4.98 Å². The molecule has 3 rings (SSSR count). The molecule has 0 aliphatic heterocycles. The summed E-state index contributed by atoms with van der Waals surface area (Å²) in [5.41, 5.74) is 7.50. The van der Waals surface area contributed by atoms with Crippen LogP contribution in [0.25, 0.3) is 22.6 Å². The van der Waals surface area contributed by atoms with E-state index in [1.54, 1.807) is 12.1 Å². The molecule has 2 aromatic carbocycles. The zero-order valence-corrected chi connectivity index (χ0v) is 13.2. The predicted molar refractivity (Wildman–Crippen MR) is 91.2 cm³/mol. The second kappa shape index (κ2) is 6.23. The lowest BCUT2D eigenvalue weighted by atomic mass is 10.1. The first-order valence-corrected chi connectivity index (χ1v) is 7.23. The lowest BCUT2D eigenvalue weighted by molar-refractivity contribution is 0.619. The molecular formula is C18H13N5O. The molecule has 1 heterocycles. The normalized spacial score (nSPS) is 10.0. The highest BCUT2D eigenvalue weighted by atomic mass is 16.3. The van der Waals surface area contributed by atoms with Gasteiger partial charge in [0.05, 0.1) is 5.69 Å². The van der Waals surface area contributed by atoms with Gasteiger partial charge in [0.2, 0.25) is 11.6 Å². The Labute approximate surface area is 138 Å². The van der Waals surface area contributed by atoms with Crippen LogP contribution in [-0.2, 0) is 0 Å². The number of aryl methyl sites for hydroxylation is 2. The molecule has 0 spiro atoms. The first-order chi connectivity index (χ1) is 11.6. The summed E-state index contributed by atoms with van der Waals surface area (Å²) in [4.78, 5) is 4.49. The summed E-state index contributed by atoms with van der Waals surface area (Å²) in [5, 5.41) is 21.3. The SMILES string of the molecule is Cc1ccc2nc(-c3ccc(C)c(NN=C(C#N)C#N)c3)oc2c1. The fourth-order valence-electron chi connectivity index (χ4n) is 2.22. The van der Waals surface area contributed by atoms with Crippen molar-refractivity contribution in [3.8, 4) is 23.6 Å². The number of benzene rings is 2. The Balaban J connectivity index is 1.99. The van der Waals surface area contributed by atoms with Gasteiger partial charge in [0.15, 0.2) is 5.58 Å². The average molecular weight is 315 g/mol. The Hall–Kier alpha value is -3.64. The van der Waals surface area contributed by atoms with E-state index >= 15 is 0 Å². The molecule has 0 aliphatic carbocycles. The number of rotatable bonds is 3. The highest BCUT2D eigenvalue weighted by Gasteiger charge is 2.10. The van der Waals surface area contributed by atoms with Gasteiger partial charge < -0.3 is 4.42 Å². The first-order valence-electron chi connectivity index (χ1n) is 7.23. The lowest BCUT2D eigenvalue weighted by Crippen LogP contribution is -1.98. The number of anilines is 1. The Bertz CT molecular complexity index is 1020. The molecule has 0 fully saturated rings. The largest absolute Gasteiger partial charge is 0.436 e. The van der Waals surface area contributed by atoms with Gasteiger partial charge in [-0.15, -0.1) is 0 Å². The zero-order valence-electron chi connectivity index (χ0n) is 13.2. The van der Waals surface area contributed by atoms with Crippen LogP contribution in [0.1, 0.15) is 11.1 Å². The van der Waals surface area contributed by atoms with E-state index in [0.717, 1.165) is 27.8 Å². The van der Waals surface area contributed by atoms with Gasteiger partial charge in [-0.2, -0.15) is 15.6 Å². The summed E-state index contributed by atoms with van der Waals surface area (Å²) < 4.78 is 5.82. The van der Waals surface area contributed by atoms with Gasteiger partial charge in [-0.3, -0.25) is 5.43 Å². The third-order valence-corrected chi connectivity index (χ3v) is 3.53. The first kappa shape index (κ1) is 15.3. The summed E-state index contributed by atoms with van der Waals surface area (Å²) >= 11 is 0. The van der Waals surface area contributed by atoms with Crippen molar-refractivity contribution in [2.24, 2.45) is 5.10 Å². The maximum atomic E-state index is 8.74. The topological polar surface area (TPSA) is 98.0 Å². The second-order valence-corrected chi connectivity index (χ2v) is 5.32. The minimum Gasteiger partial charge on any atom is -0.436 e. The van der Waals surface area contributed by atoms with Crippen molar-refractivity contribution in [3.05, 3.63) is 47.5 Å². The van der Waals surface area contributed by atoms with Crippen LogP contribution in [0.4, 0.5) is 5.69 Å². The molecule has 0 amide bonds. The van der Waals surface area contributed by atoms with E-state index in [9.17, 15) is 0 Å². The molecule has 0 unspecified atom stereocenters. The maximum absolute atomic E-state index is 8.74. The minimum atomic E-state index is -0.239. The molecule has 0 saturated heterocycles. The van der Waals surface area contributed by atoms with Crippen LogP contribution in [0, 0.1) is 36.5 Å². The Morgan fingerprint density at radius 2 is 1.92 bits per heavy atom. The average Bonchev–Trinajstić information content (AvgIpc) is 3.00. The molecule has 0 radical (unpaired) electrons. The molecular weight excluding hydrogens is 302 g/mol. The molecule has 24 heavy (non-hydrogen) atoms. The van der Waals surface area contributed by atoms with Gasteiger partial charge >= 0.3 is 0 Å². The smallest absolute Gasteiger partial charge is 0.237 e. The summed E-state index contributed by atoms with van der Waals surface area (Å²) in [5.74, 6) is 0.503. The summed E-state index contributed by atoms with van der Waals surface area (Å²) in [7, 11) is 0. The number of nitriles is 2. The van der Waals surface area contributed by atoms with Crippen LogP contribution in [0.3, 0.4) is 0 Å². The molecule has 0 aliphatic rings. The molecule has 1 N–H and O–H groups in total. The molecule has 0 saturated carbocycles. The van der Waals surface area contributed by atoms with Crippen molar-refractivity contribution in [3.63, 3.8) is 0 Å². The van der Waals surface area contributed by atoms with E-state index in [1.807, 2.05) is 50.2 Å². The number of hydrazone groups is 1. The highest BCUT2D eigenvalue weighted by Crippen LogP contribution is 2.28. The van der Waals surface area contributed by atoms with Gasteiger partial charge in [-0.05, 0) is 49.2 Å². The number of hydrogen-bond donors (Lipinski definition) is 1. The van der Waals surface area contributed by atoms with Crippen molar-refractivity contribution in [1.29, 1.82) is 10.5 Å². The third kappa shape index (κ3) is 2.94. The van der Waals surface area contributed by atoms with Gasteiger partial charge in [0.1, 0.15) is 17.7 Å². The minimum absolute atomic E-state index is 0.239. The quantitative estimate of drug-likeness (QED) is 0.583. The number of nitrogens with zero attached hydrogens (tertiary/aromatic N) is 4. The Morgan fingerprint density at radius 1 is 1.12 bits per heavy atom. The standard InChI is InChI=1S/C18H13N5O/c1-11-3-6-15-17(7-11)24-18(21-15)13-5-4-12(2)16(8-13)23-22-14(9-19)10-20/h3-8,23H,1-2H3. The van der Waals surface area contributed by atoms with E-state index in [-0.39, 0.29) is 5.71 Å². The molecule has 3 aromatic rings. The summed E-state index contributed by atoms with van der Waals surface area (Å²) in [6.45, 7) is 3.89. The fraction of sp³-hybridized carbons (Fsp3) is 0.111. The number of aromatic nitrogens is 1. The monoisotopic (exact) mass is 315 g/mol. The van der Waals surface area contributed by atoms with Gasteiger partial charge in [0.25, 0.3) is 0 Å².